The van der Waals surface area contributed by atoms with Crippen molar-refractivity contribution in [3.05, 3.63) is 65.7 Å². The number of phenolic OH excluding ortho intramolecular Hbond substituents is 1. The van der Waals surface area contributed by atoms with Gasteiger partial charge in [0.25, 0.3) is 0 Å². The van der Waals surface area contributed by atoms with Crippen LogP contribution in [0.15, 0.2) is 54.6 Å². The lowest BCUT2D eigenvalue weighted by molar-refractivity contribution is 0.303. The molecular weight excluding hydrogens is 260 g/mol. The summed E-state index contributed by atoms with van der Waals surface area (Å²) in [5.74, 6) is 0.366. The smallest absolute Gasteiger partial charge is 0.120 e. The quantitative estimate of drug-likeness (QED) is 0.808. The normalized spacial score (nSPS) is 22.1. The predicted octanol–water partition coefficient (Wildman–Crippen LogP) is 2.98. The van der Waals surface area contributed by atoms with E-state index in [9.17, 15) is 5.11 Å². The van der Waals surface area contributed by atoms with Crippen molar-refractivity contribution >= 4 is 0 Å². The molecule has 0 aromatic heterocycles. The zero-order valence-corrected chi connectivity index (χ0v) is 12.1. The third-order valence-electron chi connectivity index (χ3n) is 4.16. The summed E-state index contributed by atoms with van der Waals surface area (Å²) < 4.78 is 0. The highest BCUT2D eigenvalue weighted by molar-refractivity contribution is 5.31. The predicted molar refractivity (Wildman–Crippen MR) is 85.2 cm³/mol. The first-order valence-electron chi connectivity index (χ1n) is 7.63. The molecular formula is C18H22N2O. The topological polar surface area (TPSA) is 44.3 Å². The Labute approximate surface area is 126 Å². The standard InChI is InChI=1S/C18H22N2O/c21-17-11-5-4-9-15(17)13-20-16-10-6-12-19-18(16)14-7-2-1-3-8-14/h1-5,7-9,11,16,18-21H,6,10,12-13H2/t16-,18-/m1/s1. The number of phenols is 1. The van der Waals surface area contributed by atoms with E-state index in [0.717, 1.165) is 18.5 Å². The highest BCUT2D eigenvalue weighted by Gasteiger charge is 2.25. The van der Waals surface area contributed by atoms with Crippen molar-refractivity contribution < 1.29 is 5.11 Å². The minimum Gasteiger partial charge on any atom is -0.508 e. The van der Waals surface area contributed by atoms with E-state index in [4.69, 9.17) is 0 Å². The maximum Gasteiger partial charge on any atom is 0.120 e. The number of piperidine rings is 1. The fourth-order valence-electron chi connectivity index (χ4n) is 3.02. The molecule has 21 heavy (non-hydrogen) atoms. The van der Waals surface area contributed by atoms with Crippen molar-refractivity contribution in [2.24, 2.45) is 0 Å². The summed E-state index contributed by atoms with van der Waals surface area (Å²) in [6.45, 7) is 1.76. The molecule has 2 aromatic rings. The van der Waals surface area contributed by atoms with E-state index in [2.05, 4.69) is 41.0 Å². The van der Waals surface area contributed by atoms with E-state index in [1.165, 1.54) is 12.0 Å². The van der Waals surface area contributed by atoms with Gasteiger partial charge >= 0.3 is 0 Å². The van der Waals surface area contributed by atoms with E-state index >= 15 is 0 Å². The van der Waals surface area contributed by atoms with Crippen LogP contribution in [-0.2, 0) is 6.54 Å². The summed E-state index contributed by atoms with van der Waals surface area (Å²) in [6, 6.07) is 18.8. The molecule has 3 nitrogen and oxygen atoms in total. The molecule has 1 fully saturated rings. The highest BCUT2D eigenvalue weighted by Crippen LogP contribution is 2.24. The van der Waals surface area contributed by atoms with Crippen molar-refractivity contribution in [1.29, 1.82) is 0 Å². The molecule has 0 radical (unpaired) electrons. The molecule has 1 aliphatic rings. The number of rotatable bonds is 4. The fourth-order valence-corrected chi connectivity index (χ4v) is 3.02. The van der Waals surface area contributed by atoms with Gasteiger partial charge < -0.3 is 15.7 Å². The molecule has 3 N–H and O–H groups in total. The molecule has 0 saturated carbocycles. The Morgan fingerprint density at radius 1 is 1.05 bits per heavy atom. The number of nitrogens with one attached hydrogen (secondary N) is 2. The lowest BCUT2D eigenvalue weighted by Gasteiger charge is -2.34. The number of aromatic hydroxyl groups is 1. The molecule has 0 spiro atoms. The summed E-state index contributed by atoms with van der Waals surface area (Å²) in [7, 11) is 0. The molecule has 1 aliphatic heterocycles. The molecule has 0 unspecified atom stereocenters. The lowest BCUT2D eigenvalue weighted by atomic mass is 9.92. The van der Waals surface area contributed by atoms with Gasteiger partial charge in [-0.3, -0.25) is 0 Å². The second-order valence-corrected chi connectivity index (χ2v) is 5.60. The zero-order chi connectivity index (χ0) is 14.5. The van der Waals surface area contributed by atoms with Crippen molar-refractivity contribution in [3.8, 4) is 5.75 Å². The maximum atomic E-state index is 9.87. The van der Waals surface area contributed by atoms with Gasteiger partial charge in [-0.15, -0.1) is 0 Å². The lowest BCUT2D eigenvalue weighted by Crippen LogP contribution is -2.45. The average Bonchev–Trinajstić information content (AvgIpc) is 2.55. The van der Waals surface area contributed by atoms with Gasteiger partial charge in [-0.1, -0.05) is 48.5 Å². The molecule has 2 aromatic carbocycles. The average molecular weight is 282 g/mol. The molecule has 1 saturated heterocycles. The van der Waals surface area contributed by atoms with Crippen molar-refractivity contribution in [2.45, 2.75) is 31.5 Å². The van der Waals surface area contributed by atoms with Gasteiger partial charge in [-0.2, -0.15) is 0 Å². The van der Waals surface area contributed by atoms with E-state index in [1.54, 1.807) is 6.07 Å². The van der Waals surface area contributed by atoms with Crippen LogP contribution < -0.4 is 10.6 Å². The van der Waals surface area contributed by atoms with Gasteiger partial charge in [0.1, 0.15) is 5.75 Å². The largest absolute Gasteiger partial charge is 0.508 e. The molecule has 0 amide bonds. The van der Waals surface area contributed by atoms with Crippen LogP contribution >= 0.6 is 0 Å². The fraction of sp³-hybridized carbons (Fsp3) is 0.333. The molecule has 3 heteroatoms. The SMILES string of the molecule is Oc1ccccc1CN[C@@H]1CCCN[C@@H]1c1ccccc1. The van der Waals surface area contributed by atoms with E-state index < -0.39 is 0 Å². The third kappa shape index (κ3) is 3.43. The van der Waals surface area contributed by atoms with Gasteiger partial charge in [0, 0.05) is 24.2 Å². The minimum absolute atomic E-state index is 0.339. The third-order valence-corrected chi connectivity index (χ3v) is 4.16. The van der Waals surface area contributed by atoms with Gasteiger partial charge in [-0.05, 0) is 31.0 Å². The Kier molecular flexibility index (Phi) is 4.53. The Morgan fingerprint density at radius 2 is 1.81 bits per heavy atom. The zero-order valence-electron chi connectivity index (χ0n) is 12.1. The summed E-state index contributed by atoms with van der Waals surface area (Å²) in [5, 5.41) is 17.1. The first-order valence-corrected chi connectivity index (χ1v) is 7.63. The Hall–Kier alpha value is -1.84. The minimum atomic E-state index is 0.339. The van der Waals surface area contributed by atoms with Crippen LogP contribution in [0.3, 0.4) is 0 Å². The van der Waals surface area contributed by atoms with E-state index in [-0.39, 0.29) is 0 Å². The highest BCUT2D eigenvalue weighted by atomic mass is 16.3. The summed E-state index contributed by atoms with van der Waals surface area (Å²) in [4.78, 5) is 0. The van der Waals surface area contributed by atoms with Crippen LogP contribution in [0.4, 0.5) is 0 Å². The van der Waals surface area contributed by atoms with Gasteiger partial charge in [0.05, 0.1) is 0 Å². The summed E-state index contributed by atoms with van der Waals surface area (Å²) in [5.41, 5.74) is 2.28. The number of hydrogen-bond donors (Lipinski definition) is 3. The molecule has 3 rings (SSSR count). The molecule has 0 aliphatic carbocycles. The monoisotopic (exact) mass is 282 g/mol. The van der Waals surface area contributed by atoms with Crippen molar-refractivity contribution in [3.63, 3.8) is 0 Å². The van der Waals surface area contributed by atoms with Gasteiger partial charge in [0.15, 0.2) is 0 Å². The first kappa shape index (κ1) is 14.1. The maximum absolute atomic E-state index is 9.87. The van der Waals surface area contributed by atoms with Crippen LogP contribution in [0, 0.1) is 0 Å². The molecule has 2 atom stereocenters. The second-order valence-electron chi connectivity index (χ2n) is 5.60. The molecule has 1 heterocycles. The second kappa shape index (κ2) is 6.74. The van der Waals surface area contributed by atoms with Crippen LogP contribution in [-0.4, -0.2) is 17.7 Å². The van der Waals surface area contributed by atoms with Crippen LogP contribution in [0.1, 0.15) is 30.0 Å². The van der Waals surface area contributed by atoms with E-state index in [0.29, 0.717) is 24.4 Å². The van der Waals surface area contributed by atoms with Crippen LogP contribution in [0.2, 0.25) is 0 Å². The van der Waals surface area contributed by atoms with Gasteiger partial charge in [0.2, 0.25) is 0 Å². The van der Waals surface area contributed by atoms with Crippen molar-refractivity contribution in [2.75, 3.05) is 6.54 Å². The van der Waals surface area contributed by atoms with Crippen LogP contribution in [0.25, 0.3) is 0 Å². The summed E-state index contributed by atoms with van der Waals surface area (Å²) >= 11 is 0. The summed E-state index contributed by atoms with van der Waals surface area (Å²) in [6.07, 6.45) is 2.34. The van der Waals surface area contributed by atoms with Crippen molar-refractivity contribution in [1.82, 2.24) is 10.6 Å². The molecule has 110 valence electrons. The van der Waals surface area contributed by atoms with Gasteiger partial charge in [-0.25, -0.2) is 0 Å². The molecule has 0 bridgehead atoms. The Bertz CT molecular complexity index is 570. The number of hydrogen-bond acceptors (Lipinski definition) is 3. The van der Waals surface area contributed by atoms with E-state index in [1.807, 2.05) is 18.2 Å². The van der Waals surface area contributed by atoms with Crippen LogP contribution in [0.5, 0.6) is 5.75 Å². The Balaban J connectivity index is 1.69. The number of para-hydroxylation sites is 1. The first-order chi connectivity index (χ1) is 10.3. The Morgan fingerprint density at radius 3 is 2.62 bits per heavy atom. The number of benzene rings is 2.